The van der Waals surface area contributed by atoms with E-state index >= 15 is 0 Å². The third-order valence-electron chi connectivity index (χ3n) is 7.10. The third-order valence-corrected chi connectivity index (χ3v) is 7.10. The Labute approximate surface area is 149 Å². The first kappa shape index (κ1) is 16.0. The minimum atomic E-state index is -0.637. The number of fused-ring (bicyclic) bond motifs is 2. The number of hydrogen-bond donors (Lipinski definition) is 2. The number of aromatic hydroxyl groups is 1. The molecule has 4 atom stereocenters. The Hall–Kier alpha value is -1.26. The maximum atomic E-state index is 11.8. The minimum Gasteiger partial charge on any atom is -0.504 e. The number of likely N-dealkylation sites (tertiary alicyclic amines) is 1. The molecule has 1 saturated heterocycles. The first-order valence-corrected chi connectivity index (χ1v) is 10.1. The van der Waals surface area contributed by atoms with Gasteiger partial charge in [-0.2, -0.15) is 0 Å². The van der Waals surface area contributed by atoms with E-state index in [-0.39, 0.29) is 23.8 Å². The van der Waals surface area contributed by atoms with E-state index in [2.05, 4.69) is 4.90 Å². The van der Waals surface area contributed by atoms with E-state index < -0.39 is 5.60 Å². The van der Waals surface area contributed by atoms with E-state index in [4.69, 9.17) is 4.74 Å². The summed E-state index contributed by atoms with van der Waals surface area (Å²) in [4.78, 5) is 2.60. The summed E-state index contributed by atoms with van der Waals surface area (Å²) in [6, 6.07) is 6.01. The lowest BCUT2D eigenvalue weighted by Gasteiger charge is -2.56. The molecule has 4 heteroatoms. The van der Waals surface area contributed by atoms with Gasteiger partial charge in [-0.1, -0.05) is 6.07 Å². The number of ether oxygens (including phenoxy) is 1. The van der Waals surface area contributed by atoms with E-state index in [0.717, 1.165) is 57.5 Å². The molecule has 2 aliphatic carbocycles. The van der Waals surface area contributed by atoms with Crippen LogP contribution < -0.4 is 4.74 Å². The van der Waals surface area contributed by atoms with Gasteiger partial charge < -0.3 is 14.9 Å². The summed E-state index contributed by atoms with van der Waals surface area (Å²) in [6.07, 6.45) is 8.55. The second-order valence-corrected chi connectivity index (χ2v) is 8.73. The molecular formula is C21H29NO3. The summed E-state index contributed by atoms with van der Waals surface area (Å²) < 4.78 is 6.28. The van der Waals surface area contributed by atoms with Crippen LogP contribution >= 0.6 is 0 Å². The molecule has 2 aliphatic heterocycles. The zero-order chi connectivity index (χ0) is 17.0. The molecular weight excluding hydrogens is 314 g/mol. The van der Waals surface area contributed by atoms with E-state index in [1.807, 2.05) is 12.1 Å². The van der Waals surface area contributed by atoms with Crippen molar-refractivity contribution < 1.29 is 14.9 Å². The van der Waals surface area contributed by atoms with Crippen molar-refractivity contribution in [3.63, 3.8) is 0 Å². The van der Waals surface area contributed by atoms with E-state index in [1.54, 1.807) is 6.07 Å². The maximum absolute atomic E-state index is 11.8. The monoisotopic (exact) mass is 343 g/mol. The van der Waals surface area contributed by atoms with Crippen LogP contribution in [0.15, 0.2) is 18.2 Å². The van der Waals surface area contributed by atoms with E-state index in [9.17, 15) is 10.2 Å². The smallest absolute Gasteiger partial charge is 0.161 e. The van der Waals surface area contributed by atoms with Crippen molar-refractivity contribution >= 4 is 0 Å². The number of phenols is 1. The van der Waals surface area contributed by atoms with Gasteiger partial charge in [0.25, 0.3) is 0 Å². The zero-order valence-corrected chi connectivity index (χ0v) is 14.9. The molecule has 0 amide bonds. The molecule has 2 saturated carbocycles. The summed E-state index contributed by atoms with van der Waals surface area (Å²) in [7, 11) is 0. The molecule has 3 fully saturated rings. The Balaban J connectivity index is 1.53. The molecule has 0 spiro atoms. The molecule has 6 bridgehead atoms. The van der Waals surface area contributed by atoms with Crippen molar-refractivity contribution in [2.45, 2.75) is 69.1 Å². The molecule has 2 heterocycles. The van der Waals surface area contributed by atoms with Crippen molar-refractivity contribution in [2.24, 2.45) is 11.8 Å². The van der Waals surface area contributed by atoms with Gasteiger partial charge in [-0.3, -0.25) is 4.90 Å². The molecule has 4 aliphatic rings. The highest BCUT2D eigenvalue weighted by atomic mass is 16.5. The van der Waals surface area contributed by atoms with Gasteiger partial charge in [-0.15, -0.1) is 0 Å². The van der Waals surface area contributed by atoms with Crippen LogP contribution in [0.2, 0.25) is 0 Å². The molecule has 2 N–H and O–H groups in total. The average molecular weight is 343 g/mol. The summed E-state index contributed by atoms with van der Waals surface area (Å²) in [5.41, 5.74) is 0.562. The SMILES string of the molecule is Oc1ccc2cc1O[C@H]1CCCC3(O)C1CCN(CC1CC1)[C@@H]3CC2. The number of benzene rings is 1. The van der Waals surface area contributed by atoms with Gasteiger partial charge in [0, 0.05) is 18.5 Å². The average Bonchev–Trinajstić information content (AvgIpc) is 3.39. The number of hydrogen-bond acceptors (Lipinski definition) is 4. The highest BCUT2D eigenvalue weighted by Crippen LogP contribution is 2.48. The van der Waals surface area contributed by atoms with Gasteiger partial charge >= 0.3 is 0 Å². The van der Waals surface area contributed by atoms with Crippen LogP contribution in [-0.2, 0) is 6.42 Å². The fraction of sp³-hybridized carbons (Fsp3) is 0.714. The highest BCUT2D eigenvalue weighted by molar-refractivity contribution is 5.42. The van der Waals surface area contributed by atoms with Gasteiger partial charge in [-0.05, 0) is 81.5 Å². The van der Waals surface area contributed by atoms with Crippen LogP contribution in [-0.4, -0.2) is 45.9 Å². The van der Waals surface area contributed by atoms with Gasteiger partial charge in [0.1, 0.15) is 6.10 Å². The molecule has 136 valence electrons. The van der Waals surface area contributed by atoms with Crippen molar-refractivity contribution in [1.82, 2.24) is 4.90 Å². The maximum Gasteiger partial charge on any atom is 0.161 e. The topological polar surface area (TPSA) is 52.9 Å². The first-order chi connectivity index (χ1) is 12.1. The number of phenolic OH excluding ortho intramolecular Hbond substituents is 1. The van der Waals surface area contributed by atoms with Crippen LogP contribution in [0.25, 0.3) is 0 Å². The summed E-state index contributed by atoms with van der Waals surface area (Å²) >= 11 is 0. The summed E-state index contributed by atoms with van der Waals surface area (Å²) in [5.74, 6) is 1.86. The van der Waals surface area contributed by atoms with Crippen LogP contribution in [0.5, 0.6) is 11.5 Å². The van der Waals surface area contributed by atoms with Crippen molar-refractivity contribution in [3.05, 3.63) is 23.8 Å². The Kier molecular flexibility index (Phi) is 3.75. The third kappa shape index (κ3) is 2.74. The predicted octanol–water partition coefficient (Wildman–Crippen LogP) is 3.10. The van der Waals surface area contributed by atoms with Crippen LogP contribution in [0.4, 0.5) is 0 Å². The molecule has 1 aromatic carbocycles. The predicted molar refractivity (Wildman–Crippen MR) is 95.8 cm³/mol. The molecule has 0 radical (unpaired) electrons. The van der Waals surface area contributed by atoms with Crippen LogP contribution in [0.1, 0.15) is 50.5 Å². The van der Waals surface area contributed by atoms with Gasteiger partial charge in [0.15, 0.2) is 11.5 Å². The molecule has 4 nitrogen and oxygen atoms in total. The lowest BCUT2D eigenvalue weighted by atomic mass is 9.64. The van der Waals surface area contributed by atoms with Crippen molar-refractivity contribution in [1.29, 1.82) is 0 Å². The number of rotatable bonds is 2. The Bertz CT molecular complexity index is 659. The molecule has 0 aromatic heterocycles. The second kappa shape index (κ2) is 5.88. The standard InChI is InChI=1S/C21H29NO3/c23-17-7-5-14-6-8-20-21(24)10-1-2-18(25-19(17)12-14)16(21)9-11-22(20)13-15-3-4-15/h5,7,12,15-16,18,20,23-24H,1-4,6,8-11,13H2/t16?,18-,20+,21?/m0/s1. The summed E-state index contributed by atoms with van der Waals surface area (Å²) in [6.45, 7) is 2.24. The Morgan fingerprint density at radius 1 is 1.16 bits per heavy atom. The van der Waals surface area contributed by atoms with E-state index in [1.165, 1.54) is 18.4 Å². The largest absolute Gasteiger partial charge is 0.504 e. The van der Waals surface area contributed by atoms with Crippen molar-refractivity contribution in [2.75, 3.05) is 13.1 Å². The van der Waals surface area contributed by atoms with Gasteiger partial charge in [0.05, 0.1) is 5.60 Å². The minimum absolute atomic E-state index is 0.0172. The summed E-state index contributed by atoms with van der Waals surface area (Å²) in [5, 5.41) is 22.0. The van der Waals surface area contributed by atoms with Crippen LogP contribution in [0.3, 0.4) is 0 Å². The first-order valence-electron chi connectivity index (χ1n) is 10.1. The fourth-order valence-electron chi connectivity index (χ4n) is 5.62. The Morgan fingerprint density at radius 3 is 2.88 bits per heavy atom. The number of piperidine rings is 1. The highest BCUT2D eigenvalue weighted by Gasteiger charge is 2.54. The number of aryl methyl sites for hydroxylation is 1. The van der Waals surface area contributed by atoms with E-state index in [0.29, 0.717) is 5.75 Å². The molecule has 2 unspecified atom stereocenters. The fourth-order valence-corrected chi connectivity index (χ4v) is 5.62. The Morgan fingerprint density at radius 2 is 2.04 bits per heavy atom. The van der Waals surface area contributed by atoms with Gasteiger partial charge in [0.2, 0.25) is 0 Å². The number of aliphatic hydroxyl groups is 1. The molecule has 5 rings (SSSR count). The second-order valence-electron chi connectivity index (χ2n) is 8.73. The van der Waals surface area contributed by atoms with Gasteiger partial charge in [-0.25, -0.2) is 0 Å². The lowest BCUT2D eigenvalue weighted by molar-refractivity contribution is -0.172. The zero-order valence-electron chi connectivity index (χ0n) is 14.9. The van der Waals surface area contributed by atoms with Crippen LogP contribution in [0, 0.1) is 11.8 Å². The molecule has 1 aromatic rings. The molecule has 25 heavy (non-hydrogen) atoms. The number of nitrogens with zero attached hydrogens (tertiary/aromatic N) is 1. The lowest BCUT2D eigenvalue weighted by Crippen LogP contribution is -2.66. The normalized spacial score (nSPS) is 38.0. The van der Waals surface area contributed by atoms with Crippen molar-refractivity contribution in [3.8, 4) is 11.5 Å². The quantitative estimate of drug-likeness (QED) is 0.866.